The van der Waals surface area contributed by atoms with Gasteiger partial charge in [0, 0.05) is 11.6 Å². The van der Waals surface area contributed by atoms with Crippen LogP contribution in [0.2, 0.25) is 0 Å². The number of hydrogen-bond donors (Lipinski definition) is 1. The third-order valence-corrected chi connectivity index (χ3v) is 4.22. The Bertz CT molecular complexity index is 613. The Morgan fingerprint density at radius 2 is 2.14 bits per heavy atom. The summed E-state index contributed by atoms with van der Waals surface area (Å²) >= 11 is 4.66. The molecular formula is C14H15BrN2O3S. The van der Waals surface area contributed by atoms with Gasteiger partial charge in [0.15, 0.2) is 0 Å². The Balaban J connectivity index is 2.18. The highest BCUT2D eigenvalue weighted by atomic mass is 79.9. The number of ether oxygens (including phenoxy) is 1. The molecule has 5 nitrogen and oxygen atoms in total. The Morgan fingerprint density at radius 1 is 1.43 bits per heavy atom. The first kappa shape index (κ1) is 16.1. The smallest absolute Gasteiger partial charge is 0.313 e. The normalized spacial score (nSPS) is 10.8. The van der Waals surface area contributed by atoms with E-state index in [4.69, 9.17) is 9.84 Å². The summed E-state index contributed by atoms with van der Waals surface area (Å²) in [5.74, 6) is -0.831. The zero-order chi connectivity index (χ0) is 15.2. The summed E-state index contributed by atoms with van der Waals surface area (Å²) in [6.45, 7) is 1.01. The second kappa shape index (κ2) is 7.63. The largest absolute Gasteiger partial charge is 0.481 e. The molecule has 0 saturated carbocycles. The monoisotopic (exact) mass is 370 g/mol. The van der Waals surface area contributed by atoms with Gasteiger partial charge in [-0.15, -0.1) is 0 Å². The quantitative estimate of drug-likeness (QED) is 0.758. The Labute approximate surface area is 135 Å². The summed E-state index contributed by atoms with van der Waals surface area (Å²) in [5, 5.41) is 14.1. The third kappa shape index (κ3) is 4.87. The zero-order valence-corrected chi connectivity index (χ0v) is 13.9. The first-order valence-electron chi connectivity index (χ1n) is 6.23. The lowest BCUT2D eigenvalue weighted by Crippen LogP contribution is -2.05. The van der Waals surface area contributed by atoms with Gasteiger partial charge in [-0.05, 0) is 23.8 Å². The highest BCUT2D eigenvalue weighted by molar-refractivity contribution is 9.10. The predicted molar refractivity (Wildman–Crippen MR) is 84.5 cm³/mol. The Hall–Kier alpha value is -1.31. The summed E-state index contributed by atoms with van der Waals surface area (Å²) in [4.78, 5) is 10.7. The fourth-order valence-electron chi connectivity index (χ4n) is 1.80. The molecule has 0 unspecified atom stereocenters. The van der Waals surface area contributed by atoms with E-state index < -0.39 is 5.97 Å². The van der Waals surface area contributed by atoms with Crippen molar-refractivity contribution in [1.29, 1.82) is 0 Å². The highest BCUT2D eigenvalue weighted by Crippen LogP contribution is 2.21. The van der Waals surface area contributed by atoms with Crippen LogP contribution in [0.1, 0.15) is 11.3 Å². The minimum Gasteiger partial charge on any atom is -0.481 e. The molecule has 1 aromatic carbocycles. The van der Waals surface area contributed by atoms with Gasteiger partial charge in [-0.1, -0.05) is 39.8 Å². The van der Waals surface area contributed by atoms with Crippen molar-refractivity contribution < 1.29 is 14.6 Å². The molecule has 0 bridgehead atoms. The molecule has 7 heteroatoms. The van der Waals surface area contributed by atoms with Crippen LogP contribution in [0.25, 0.3) is 0 Å². The lowest BCUT2D eigenvalue weighted by Gasteiger charge is -2.06. The first-order valence-corrected chi connectivity index (χ1v) is 8.01. The molecule has 0 aliphatic rings. The van der Waals surface area contributed by atoms with Crippen LogP contribution < -0.4 is 0 Å². The van der Waals surface area contributed by atoms with E-state index in [-0.39, 0.29) is 5.75 Å². The molecule has 0 amide bonds. The summed E-state index contributed by atoms with van der Waals surface area (Å²) < 4.78 is 7.91. The van der Waals surface area contributed by atoms with Crippen molar-refractivity contribution in [3.8, 4) is 0 Å². The maximum Gasteiger partial charge on any atom is 0.313 e. The summed E-state index contributed by atoms with van der Waals surface area (Å²) in [6.07, 6.45) is 0. The van der Waals surface area contributed by atoms with Gasteiger partial charge in [-0.2, -0.15) is 5.10 Å². The number of carboxylic acids is 1. The minimum atomic E-state index is -0.843. The highest BCUT2D eigenvalue weighted by Gasteiger charge is 2.11. The van der Waals surface area contributed by atoms with Crippen molar-refractivity contribution >= 4 is 33.7 Å². The van der Waals surface area contributed by atoms with Crippen molar-refractivity contribution in [2.24, 2.45) is 0 Å². The average Bonchev–Trinajstić information content (AvgIpc) is 2.81. The van der Waals surface area contributed by atoms with Crippen LogP contribution in [0.15, 0.2) is 39.8 Å². The molecule has 0 fully saturated rings. The molecule has 0 saturated heterocycles. The lowest BCUT2D eigenvalue weighted by molar-refractivity contribution is -0.133. The summed E-state index contributed by atoms with van der Waals surface area (Å²) in [6, 6.07) is 9.83. The molecule has 1 aromatic heterocycles. The lowest BCUT2D eigenvalue weighted by atomic mass is 10.2. The van der Waals surface area contributed by atoms with E-state index in [9.17, 15) is 4.79 Å². The second-order valence-corrected chi connectivity index (χ2v) is 6.28. The van der Waals surface area contributed by atoms with E-state index in [1.165, 1.54) is 11.8 Å². The number of aliphatic carboxylic acids is 1. The van der Waals surface area contributed by atoms with Crippen LogP contribution in [0.3, 0.4) is 0 Å². The predicted octanol–water partition coefficient (Wildman–Crippen LogP) is 3.02. The fourth-order valence-corrected chi connectivity index (χ4v) is 2.81. The standard InChI is InChI=1S/C14H15BrN2O3S/c1-20-8-12-6-13(21-9-14(18)19)17(16-12)7-10-2-4-11(15)5-3-10/h2-6H,7-9H2,1H3,(H,18,19). The molecule has 0 spiro atoms. The molecular weight excluding hydrogens is 356 g/mol. The number of rotatable bonds is 7. The van der Waals surface area contributed by atoms with Gasteiger partial charge in [0.1, 0.15) is 0 Å². The summed E-state index contributed by atoms with van der Waals surface area (Å²) in [5.41, 5.74) is 1.89. The van der Waals surface area contributed by atoms with Crippen molar-refractivity contribution in [3.63, 3.8) is 0 Å². The number of carboxylic acid groups (broad SMARTS) is 1. The number of nitrogens with zero attached hydrogens (tertiary/aromatic N) is 2. The molecule has 0 aliphatic heterocycles. The van der Waals surface area contributed by atoms with Gasteiger partial charge in [0.05, 0.1) is 29.6 Å². The van der Waals surface area contributed by atoms with E-state index in [1.807, 2.05) is 35.0 Å². The van der Waals surface area contributed by atoms with Crippen LogP contribution in [-0.4, -0.2) is 33.7 Å². The zero-order valence-electron chi connectivity index (χ0n) is 11.5. The molecule has 112 valence electrons. The molecule has 0 radical (unpaired) electrons. The van der Waals surface area contributed by atoms with Crippen molar-refractivity contribution in [2.45, 2.75) is 18.2 Å². The van der Waals surface area contributed by atoms with Gasteiger partial charge >= 0.3 is 5.97 Å². The first-order chi connectivity index (χ1) is 10.1. The number of thioether (sulfide) groups is 1. The molecule has 0 atom stereocenters. The molecule has 1 N–H and O–H groups in total. The number of aromatic nitrogens is 2. The van der Waals surface area contributed by atoms with Gasteiger partial charge in [-0.25, -0.2) is 0 Å². The average molecular weight is 371 g/mol. The van der Waals surface area contributed by atoms with Crippen molar-refractivity contribution in [3.05, 3.63) is 46.1 Å². The topological polar surface area (TPSA) is 64.3 Å². The number of hydrogen-bond acceptors (Lipinski definition) is 4. The molecule has 1 heterocycles. The maximum atomic E-state index is 10.7. The second-order valence-electron chi connectivity index (χ2n) is 4.37. The van der Waals surface area contributed by atoms with E-state index in [0.29, 0.717) is 13.2 Å². The van der Waals surface area contributed by atoms with Crippen LogP contribution >= 0.6 is 27.7 Å². The Morgan fingerprint density at radius 3 is 2.76 bits per heavy atom. The number of methoxy groups -OCH3 is 1. The van der Waals surface area contributed by atoms with Gasteiger partial charge in [0.25, 0.3) is 0 Å². The van der Waals surface area contributed by atoms with Gasteiger partial charge < -0.3 is 9.84 Å². The van der Waals surface area contributed by atoms with E-state index in [0.717, 1.165) is 20.8 Å². The van der Waals surface area contributed by atoms with Crippen molar-refractivity contribution in [1.82, 2.24) is 9.78 Å². The number of halogens is 1. The molecule has 0 aliphatic carbocycles. The van der Waals surface area contributed by atoms with Crippen LogP contribution in [0.4, 0.5) is 0 Å². The molecule has 2 aromatic rings. The Kier molecular flexibility index (Phi) is 5.84. The molecule has 2 rings (SSSR count). The van der Waals surface area contributed by atoms with Crippen molar-refractivity contribution in [2.75, 3.05) is 12.9 Å². The fraction of sp³-hybridized carbons (Fsp3) is 0.286. The summed E-state index contributed by atoms with van der Waals surface area (Å²) in [7, 11) is 1.61. The van der Waals surface area contributed by atoms with Gasteiger partial charge in [-0.3, -0.25) is 9.48 Å². The number of benzene rings is 1. The van der Waals surface area contributed by atoms with E-state index in [2.05, 4.69) is 21.0 Å². The van der Waals surface area contributed by atoms with E-state index >= 15 is 0 Å². The maximum absolute atomic E-state index is 10.7. The minimum absolute atomic E-state index is 0.0124. The van der Waals surface area contributed by atoms with Crippen LogP contribution in [0.5, 0.6) is 0 Å². The third-order valence-electron chi connectivity index (χ3n) is 2.67. The van der Waals surface area contributed by atoms with E-state index in [1.54, 1.807) is 7.11 Å². The van der Waals surface area contributed by atoms with Crippen LogP contribution in [-0.2, 0) is 22.7 Å². The van der Waals surface area contributed by atoms with Gasteiger partial charge in [0.2, 0.25) is 0 Å². The molecule has 21 heavy (non-hydrogen) atoms. The number of carbonyl (C=O) groups is 1. The van der Waals surface area contributed by atoms with Crippen LogP contribution in [0, 0.1) is 0 Å². The SMILES string of the molecule is COCc1cc(SCC(=O)O)n(Cc2ccc(Br)cc2)n1.